The van der Waals surface area contributed by atoms with Gasteiger partial charge in [0.1, 0.15) is 5.82 Å². The summed E-state index contributed by atoms with van der Waals surface area (Å²) in [7, 11) is 0. The summed E-state index contributed by atoms with van der Waals surface area (Å²) in [6, 6.07) is 3.72. The minimum Gasteiger partial charge on any atom is -0.465 e. The number of hydrogen-bond donors (Lipinski definition) is 5. The van der Waals surface area contributed by atoms with Crippen molar-refractivity contribution in [3.05, 3.63) is 54.4 Å². The van der Waals surface area contributed by atoms with Crippen molar-refractivity contribution in [1.82, 2.24) is 25.1 Å². The summed E-state index contributed by atoms with van der Waals surface area (Å²) < 4.78 is 16.5. The number of nitrogens with two attached hydrogens (primary N) is 1. The lowest BCUT2D eigenvalue weighted by atomic mass is 10.0. The van der Waals surface area contributed by atoms with Crippen molar-refractivity contribution in [3.63, 3.8) is 0 Å². The highest BCUT2D eigenvalue weighted by atomic mass is 19.1. The SMILES string of the molecule is CC[C@H](NC(=O)O)[C@H](Nc1nc(Nc2cncc(-n3cccn3)c2)c(C(N)=O)cc1F)C1CC1. The van der Waals surface area contributed by atoms with Crippen molar-refractivity contribution >= 4 is 29.3 Å². The highest BCUT2D eigenvalue weighted by molar-refractivity contribution is 5.98. The number of nitrogens with one attached hydrogen (secondary N) is 3. The molecule has 2 atom stereocenters. The van der Waals surface area contributed by atoms with Gasteiger partial charge in [-0.15, -0.1) is 0 Å². The third-order valence-electron chi connectivity index (χ3n) is 5.61. The number of carboxylic acid groups (broad SMARTS) is 1. The number of hydrogen-bond acceptors (Lipinski definition) is 7. The molecule has 3 aromatic rings. The van der Waals surface area contributed by atoms with Crippen LogP contribution in [0.5, 0.6) is 0 Å². The smallest absolute Gasteiger partial charge is 0.404 e. The van der Waals surface area contributed by atoms with Crippen LogP contribution in [-0.4, -0.2) is 48.9 Å². The molecule has 0 spiro atoms. The molecule has 3 heterocycles. The van der Waals surface area contributed by atoms with E-state index >= 15 is 0 Å². The lowest BCUT2D eigenvalue weighted by molar-refractivity contribution is 0.1000. The highest BCUT2D eigenvalue weighted by Gasteiger charge is 2.37. The lowest BCUT2D eigenvalue weighted by Gasteiger charge is -2.28. The number of aromatic nitrogens is 4. The van der Waals surface area contributed by atoms with E-state index in [1.165, 1.54) is 6.20 Å². The lowest BCUT2D eigenvalue weighted by Crippen LogP contribution is -2.47. The first-order valence-electron chi connectivity index (χ1n) is 10.8. The van der Waals surface area contributed by atoms with Crippen LogP contribution >= 0.6 is 0 Å². The van der Waals surface area contributed by atoms with Crippen LogP contribution in [0.2, 0.25) is 0 Å². The molecule has 0 aliphatic heterocycles. The average molecular weight is 468 g/mol. The topological polar surface area (TPSA) is 160 Å². The van der Waals surface area contributed by atoms with E-state index in [4.69, 9.17) is 5.73 Å². The summed E-state index contributed by atoms with van der Waals surface area (Å²) in [6.07, 6.45) is 7.67. The van der Waals surface area contributed by atoms with Crippen LogP contribution in [0.1, 0.15) is 36.5 Å². The predicted molar refractivity (Wildman–Crippen MR) is 123 cm³/mol. The molecular weight excluding hydrogens is 443 g/mol. The molecule has 0 unspecified atom stereocenters. The number of amides is 2. The second-order valence-electron chi connectivity index (χ2n) is 8.06. The highest BCUT2D eigenvalue weighted by Crippen LogP contribution is 2.37. The fourth-order valence-corrected chi connectivity index (χ4v) is 3.82. The van der Waals surface area contributed by atoms with Gasteiger partial charge in [0.05, 0.1) is 41.4 Å². The molecule has 0 radical (unpaired) electrons. The van der Waals surface area contributed by atoms with E-state index in [1.54, 1.807) is 35.4 Å². The molecule has 4 rings (SSSR count). The molecule has 2 amide bonds. The van der Waals surface area contributed by atoms with Crippen molar-refractivity contribution in [1.29, 1.82) is 0 Å². The average Bonchev–Trinajstić information content (AvgIpc) is 3.49. The fourth-order valence-electron chi connectivity index (χ4n) is 3.82. The summed E-state index contributed by atoms with van der Waals surface area (Å²) >= 11 is 0. The molecule has 11 nitrogen and oxygen atoms in total. The number of anilines is 3. The zero-order chi connectivity index (χ0) is 24.2. The second-order valence-corrected chi connectivity index (χ2v) is 8.06. The van der Waals surface area contributed by atoms with Gasteiger partial charge in [0.25, 0.3) is 5.91 Å². The van der Waals surface area contributed by atoms with Gasteiger partial charge in [-0.3, -0.25) is 9.78 Å². The molecule has 0 aromatic carbocycles. The molecule has 1 fully saturated rings. The van der Waals surface area contributed by atoms with E-state index in [1.807, 2.05) is 6.92 Å². The van der Waals surface area contributed by atoms with Gasteiger partial charge in [0, 0.05) is 12.4 Å². The van der Waals surface area contributed by atoms with Gasteiger partial charge >= 0.3 is 6.09 Å². The van der Waals surface area contributed by atoms with E-state index in [0.29, 0.717) is 17.8 Å². The first kappa shape index (κ1) is 23.0. The Kier molecular flexibility index (Phi) is 6.57. The second kappa shape index (κ2) is 9.73. The Morgan fingerprint density at radius 1 is 1.29 bits per heavy atom. The van der Waals surface area contributed by atoms with Crippen molar-refractivity contribution in [3.8, 4) is 5.69 Å². The third-order valence-corrected chi connectivity index (χ3v) is 5.61. The molecule has 0 saturated heterocycles. The summed E-state index contributed by atoms with van der Waals surface area (Å²) in [6.45, 7) is 1.85. The van der Waals surface area contributed by atoms with Crippen LogP contribution in [0.25, 0.3) is 5.69 Å². The first-order valence-corrected chi connectivity index (χ1v) is 10.8. The minimum absolute atomic E-state index is 0.0459. The maximum atomic E-state index is 14.9. The van der Waals surface area contributed by atoms with Crippen molar-refractivity contribution in [2.75, 3.05) is 10.6 Å². The number of primary amides is 1. The number of rotatable bonds is 10. The van der Waals surface area contributed by atoms with Crippen LogP contribution in [0.15, 0.2) is 43.0 Å². The van der Waals surface area contributed by atoms with Crippen molar-refractivity contribution in [2.45, 2.75) is 38.3 Å². The third kappa shape index (κ3) is 5.22. The van der Waals surface area contributed by atoms with Gasteiger partial charge in [-0.1, -0.05) is 6.92 Å². The molecule has 178 valence electrons. The predicted octanol–water partition coefficient (Wildman–Crippen LogP) is 2.88. The van der Waals surface area contributed by atoms with Crippen LogP contribution < -0.4 is 21.7 Å². The number of halogens is 1. The maximum absolute atomic E-state index is 14.9. The van der Waals surface area contributed by atoms with E-state index in [-0.39, 0.29) is 29.2 Å². The normalized spacial score (nSPS) is 14.8. The number of pyridine rings is 2. The van der Waals surface area contributed by atoms with E-state index in [0.717, 1.165) is 18.9 Å². The van der Waals surface area contributed by atoms with Crippen LogP contribution in [0.4, 0.5) is 26.5 Å². The summed E-state index contributed by atoms with van der Waals surface area (Å²) in [5.41, 5.74) is 6.48. The molecule has 1 saturated carbocycles. The van der Waals surface area contributed by atoms with Crippen LogP contribution in [0.3, 0.4) is 0 Å². The van der Waals surface area contributed by atoms with Gasteiger partial charge in [-0.25, -0.2) is 18.9 Å². The van der Waals surface area contributed by atoms with Gasteiger partial charge < -0.3 is 26.8 Å². The molecular formula is C22H25FN8O3. The van der Waals surface area contributed by atoms with Gasteiger partial charge in [-0.05, 0) is 43.4 Å². The Labute approximate surface area is 194 Å². The summed E-state index contributed by atoms with van der Waals surface area (Å²) in [5.74, 6) is -1.50. The number of nitrogens with zero attached hydrogens (tertiary/aromatic N) is 4. The molecule has 3 aromatic heterocycles. The monoisotopic (exact) mass is 468 g/mol. The Hall–Kier alpha value is -4.22. The largest absolute Gasteiger partial charge is 0.465 e. The van der Waals surface area contributed by atoms with Gasteiger partial charge in [0.15, 0.2) is 11.6 Å². The Morgan fingerprint density at radius 3 is 2.71 bits per heavy atom. The van der Waals surface area contributed by atoms with E-state index in [2.05, 4.69) is 31.0 Å². The number of carbonyl (C=O) groups excluding carboxylic acids is 1. The van der Waals surface area contributed by atoms with Crippen molar-refractivity contribution < 1.29 is 19.1 Å². The molecule has 12 heteroatoms. The molecule has 6 N–H and O–H groups in total. The Balaban J connectivity index is 1.65. The minimum atomic E-state index is -1.15. The van der Waals surface area contributed by atoms with E-state index in [9.17, 15) is 19.1 Å². The zero-order valence-corrected chi connectivity index (χ0v) is 18.4. The van der Waals surface area contributed by atoms with Crippen molar-refractivity contribution in [2.24, 2.45) is 11.7 Å². The Morgan fingerprint density at radius 2 is 2.09 bits per heavy atom. The van der Waals surface area contributed by atoms with Gasteiger partial charge in [-0.2, -0.15) is 5.10 Å². The number of carbonyl (C=O) groups is 2. The van der Waals surface area contributed by atoms with Gasteiger partial charge in [0.2, 0.25) is 0 Å². The Bertz CT molecular complexity index is 1180. The zero-order valence-electron chi connectivity index (χ0n) is 18.4. The molecule has 0 bridgehead atoms. The van der Waals surface area contributed by atoms with E-state index < -0.39 is 23.9 Å². The van der Waals surface area contributed by atoms with Crippen LogP contribution in [0, 0.1) is 11.7 Å². The van der Waals surface area contributed by atoms with Crippen LogP contribution in [-0.2, 0) is 0 Å². The standard InChI is InChI=1S/C22H25FN8O3/c1-2-17(28-22(33)34)18(12-4-5-12)29-21-16(23)9-15(19(24)32)20(30-21)27-13-8-14(11-25-10-13)31-7-3-6-26-31/h3,6-12,17-18,28H,2,4-5H2,1H3,(H2,24,32)(H,33,34)(H2,27,29,30)/t17-,18+/m0/s1. The summed E-state index contributed by atoms with van der Waals surface area (Å²) in [4.78, 5) is 31.7. The molecule has 1 aliphatic rings. The summed E-state index contributed by atoms with van der Waals surface area (Å²) in [5, 5.41) is 21.9. The fraction of sp³-hybridized carbons (Fsp3) is 0.318. The maximum Gasteiger partial charge on any atom is 0.404 e. The molecule has 1 aliphatic carbocycles. The quantitative estimate of drug-likeness (QED) is 0.304. The first-order chi connectivity index (χ1) is 16.4. The molecule has 34 heavy (non-hydrogen) atoms.